The fraction of sp³-hybridized carbons (Fsp3) is 0.0370. The smallest absolute Gasteiger partial charge is 0.267 e. The van der Waals surface area contributed by atoms with Crippen LogP contribution in [0.15, 0.2) is 90.2 Å². The van der Waals surface area contributed by atoms with Crippen LogP contribution in [0.3, 0.4) is 0 Å². The summed E-state index contributed by atoms with van der Waals surface area (Å²) >= 11 is 0. The van der Waals surface area contributed by atoms with Crippen LogP contribution in [0, 0.1) is 17.5 Å². The lowest BCUT2D eigenvalue weighted by atomic mass is 10.2. The monoisotopic (exact) mass is 517 g/mol. The Bertz CT molecular complexity index is 1710. The number of aryl methyl sites for hydroxylation is 1. The molecular formula is C27H18F3N5O3. The Labute approximate surface area is 213 Å². The molecule has 0 saturated heterocycles. The van der Waals surface area contributed by atoms with Crippen LogP contribution in [-0.2, 0) is 7.05 Å². The van der Waals surface area contributed by atoms with Crippen LogP contribution >= 0.6 is 0 Å². The largest absolute Gasteiger partial charge is 0.454 e. The fourth-order valence-electron chi connectivity index (χ4n) is 3.68. The first-order chi connectivity index (χ1) is 18.3. The minimum Gasteiger partial charge on any atom is -0.454 e. The molecule has 0 spiro atoms. The molecular weight excluding hydrogens is 499 g/mol. The van der Waals surface area contributed by atoms with E-state index in [0.29, 0.717) is 16.9 Å². The van der Waals surface area contributed by atoms with Gasteiger partial charge in [-0.15, -0.1) is 0 Å². The molecule has 0 fully saturated rings. The molecule has 0 aliphatic rings. The highest BCUT2D eigenvalue weighted by Gasteiger charge is 2.18. The zero-order chi connectivity index (χ0) is 26.8. The molecule has 1 amide bonds. The minimum absolute atomic E-state index is 0.208. The first-order valence-corrected chi connectivity index (χ1v) is 11.2. The van der Waals surface area contributed by atoms with Crippen molar-refractivity contribution in [2.75, 3.05) is 5.32 Å². The number of rotatable bonds is 6. The molecule has 190 valence electrons. The fourth-order valence-corrected chi connectivity index (χ4v) is 3.68. The molecule has 11 heteroatoms. The second-order valence-corrected chi connectivity index (χ2v) is 8.17. The van der Waals surface area contributed by atoms with Gasteiger partial charge in [-0.1, -0.05) is 0 Å². The van der Waals surface area contributed by atoms with Gasteiger partial charge in [0.05, 0.1) is 17.6 Å². The molecule has 0 aliphatic carbocycles. The van der Waals surface area contributed by atoms with Crippen LogP contribution in [0.5, 0.6) is 11.5 Å². The van der Waals surface area contributed by atoms with E-state index < -0.39 is 40.4 Å². The quantitative estimate of drug-likeness (QED) is 0.339. The molecule has 0 unspecified atom stereocenters. The van der Waals surface area contributed by atoms with Crippen molar-refractivity contribution in [3.05, 3.63) is 119 Å². The third-order valence-electron chi connectivity index (χ3n) is 5.53. The molecule has 3 heterocycles. The van der Waals surface area contributed by atoms with E-state index in [1.54, 1.807) is 30.2 Å². The number of carbonyl (C=O) groups is 1. The van der Waals surface area contributed by atoms with E-state index in [2.05, 4.69) is 15.4 Å². The summed E-state index contributed by atoms with van der Waals surface area (Å²) in [5, 5.41) is 6.29. The number of nitrogens with one attached hydrogen (secondary N) is 1. The van der Waals surface area contributed by atoms with Crippen molar-refractivity contribution in [3.63, 3.8) is 0 Å². The predicted molar refractivity (Wildman–Crippen MR) is 133 cm³/mol. The highest BCUT2D eigenvalue weighted by Crippen LogP contribution is 2.30. The third-order valence-corrected chi connectivity index (χ3v) is 5.53. The zero-order valence-corrected chi connectivity index (χ0v) is 19.7. The van der Waals surface area contributed by atoms with Crippen molar-refractivity contribution in [1.29, 1.82) is 0 Å². The summed E-state index contributed by atoms with van der Waals surface area (Å²) in [6, 6.07) is 12.3. The number of hydrogen-bond donors (Lipinski definition) is 1. The van der Waals surface area contributed by atoms with E-state index in [9.17, 15) is 22.8 Å². The van der Waals surface area contributed by atoms with E-state index in [4.69, 9.17) is 4.74 Å². The van der Waals surface area contributed by atoms with Gasteiger partial charge in [-0.05, 0) is 42.5 Å². The number of carbonyl (C=O) groups excluding carboxylic acids is 1. The van der Waals surface area contributed by atoms with Crippen LogP contribution in [0.1, 0.15) is 10.4 Å². The number of benzene rings is 2. The molecule has 2 aromatic carbocycles. The van der Waals surface area contributed by atoms with E-state index in [-0.39, 0.29) is 11.3 Å². The van der Waals surface area contributed by atoms with Crippen LogP contribution in [0.2, 0.25) is 0 Å². The minimum atomic E-state index is -0.980. The second-order valence-electron chi connectivity index (χ2n) is 8.17. The molecule has 5 aromatic rings. The summed E-state index contributed by atoms with van der Waals surface area (Å²) in [5.41, 5.74) is 0.0302. The van der Waals surface area contributed by atoms with Gasteiger partial charge in [0, 0.05) is 55.1 Å². The molecule has 3 aromatic heterocycles. The van der Waals surface area contributed by atoms with Gasteiger partial charge >= 0.3 is 0 Å². The molecule has 0 radical (unpaired) electrons. The van der Waals surface area contributed by atoms with Crippen molar-refractivity contribution >= 4 is 11.6 Å². The molecule has 8 nitrogen and oxygen atoms in total. The van der Waals surface area contributed by atoms with Crippen molar-refractivity contribution in [3.8, 4) is 28.4 Å². The van der Waals surface area contributed by atoms with Gasteiger partial charge < -0.3 is 10.1 Å². The molecule has 0 aliphatic heterocycles. The lowest BCUT2D eigenvalue weighted by molar-refractivity contribution is 0.102. The van der Waals surface area contributed by atoms with Gasteiger partial charge in [0.25, 0.3) is 11.5 Å². The highest BCUT2D eigenvalue weighted by molar-refractivity contribution is 6.04. The maximum Gasteiger partial charge on any atom is 0.267 e. The first-order valence-electron chi connectivity index (χ1n) is 11.2. The van der Waals surface area contributed by atoms with Crippen molar-refractivity contribution < 1.29 is 22.7 Å². The van der Waals surface area contributed by atoms with E-state index in [1.807, 2.05) is 0 Å². The van der Waals surface area contributed by atoms with Crippen LogP contribution < -0.4 is 15.6 Å². The summed E-state index contributed by atoms with van der Waals surface area (Å²) in [4.78, 5) is 29.8. The number of hydrogen-bond acceptors (Lipinski definition) is 5. The SMILES string of the molecule is Cn1cc(-c2cc(Oc3cc(F)c(NC(=O)c4cccn(-c5ccc(F)cc5)c4=O)cc3F)ccn2)cn1. The average molecular weight is 517 g/mol. The number of ether oxygens (including phenoxy) is 1. The van der Waals surface area contributed by atoms with Gasteiger partial charge in [-0.25, -0.2) is 13.2 Å². The van der Waals surface area contributed by atoms with Gasteiger partial charge in [0.2, 0.25) is 0 Å². The van der Waals surface area contributed by atoms with Crippen molar-refractivity contribution in [2.45, 2.75) is 0 Å². The summed E-state index contributed by atoms with van der Waals surface area (Å²) < 4.78 is 51.1. The maximum absolute atomic E-state index is 14.8. The lowest BCUT2D eigenvalue weighted by Crippen LogP contribution is -2.28. The van der Waals surface area contributed by atoms with E-state index in [0.717, 1.165) is 16.7 Å². The first kappa shape index (κ1) is 24.5. The molecule has 0 bridgehead atoms. The van der Waals surface area contributed by atoms with Gasteiger partial charge in [-0.3, -0.25) is 23.8 Å². The van der Waals surface area contributed by atoms with Crippen LogP contribution in [-0.4, -0.2) is 25.2 Å². The maximum atomic E-state index is 14.8. The summed E-state index contributed by atoms with van der Waals surface area (Å²) in [7, 11) is 1.75. The third kappa shape index (κ3) is 5.03. The Kier molecular flexibility index (Phi) is 6.48. The standard InChI is InChI=1S/C27H18F3N5O3/c1-34-15-16(14-32-34)23-11-19(8-9-31-23)38-25-13-21(29)24(12-22(25)30)33-26(36)20-3-2-10-35(27(20)37)18-6-4-17(28)5-7-18/h2-15H,1H3,(H,33,36). The normalized spacial score (nSPS) is 10.8. The second kappa shape index (κ2) is 10.1. The molecule has 1 N–H and O–H groups in total. The number of amides is 1. The average Bonchev–Trinajstić information content (AvgIpc) is 3.34. The Balaban J connectivity index is 1.37. The Hall–Kier alpha value is -5.19. The summed E-state index contributed by atoms with van der Waals surface area (Å²) in [5.74, 6) is -3.57. The number of anilines is 1. The summed E-state index contributed by atoms with van der Waals surface area (Å²) in [6.45, 7) is 0. The Morgan fingerprint density at radius 1 is 1.00 bits per heavy atom. The number of nitrogens with zero attached hydrogens (tertiary/aromatic N) is 4. The summed E-state index contributed by atoms with van der Waals surface area (Å²) in [6.07, 6.45) is 6.20. The zero-order valence-electron chi connectivity index (χ0n) is 19.7. The van der Waals surface area contributed by atoms with Gasteiger partial charge in [0.1, 0.15) is 17.1 Å². The lowest BCUT2D eigenvalue weighted by Gasteiger charge is -2.12. The predicted octanol–water partition coefficient (Wildman–Crippen LogP) is 5.09. The number of halogens is 3. The Morgan fingerprint density at radius 3 is 2.53 bits per heavy atom. The van der Waals surface area contributed by atoms with Gasteiger partial charge in [0.15, 0.2) is 17.4 Å². The van der Waals surface area contributed by atoms with Crippen LogP contribution in [0.25, 0.3) is 16.9 Å². The van der Waals surface area contributed by atoms with Gasteiger partial charge in [-0.2, -0.15) is 5.10 Å². The van der Waals surface area contributed by atoms with Crippen molar-refractivity contribution in [1.82, 2.24) is 19.3 Å². The molecule has 38 heavy (non-hydrogen) atoms. The number of aromatic nitrogens is 4. The molecule has 0 atom stereocenters. The van der Waals surface area contributed by atoms with E-state index in [1.165, 1.54) is 54.9 Å². The topological polar surface area (TPSA) is 91.0 Å². The molecule has 0 saturated carbocycles. The van der Waals surface area contributed by atoms with Crippen molar-refractivity contribution in [2.24, 2.45) is 7.05 Å². The van der Waals surface area contributed by atoms with E-state index >= 15 is 0 Å². The Morgan fingerprint density at radius 2 is 1.79 bits per heavy atom. The van der Waals surface area contributed by atoms with Crippen LogP contribution in [0.4, 0.5) is 18.9 Å². The highest BCUT2D eigenvalue weighted by atomic mass is 19.1. The molecule has 5 rings (SSSR count). The number of pyridine rings is 2.